The molecule has 1 heterocycles. The van der Waals surface area contributed by atoms with Crippen molar-refractivity contribution in [3.8, 4) is 0 Å². The van der Waals surface area contributed by atoms with Gasteiger partial charge in [0.25, 0.3) is 0 Å². The molecule has 8 heavy (non-hydrogen) atoms. The molecule has 0 amide bonds. The van der Waals surface area contributed by atoms with Crippen LogP contribution < -0.4 is 5.63 Å². The molecule has 0 saturated carbocycles. The van der Waals surface area contributed by atoms with Crippen molar-refractivity contribution in [2.45, 2.75) is 0 Å². The first-order valence-corrected chi connectivity index (χ1v) is 2.84. The van der Waals surface area contributed by atoms with Crippen molar-refractivity contribution in [1.82, 2.24) is 0 Å². The van der Waals surface area contributed by atoms with Crippen LogP contribution in [-0.2, 0) is 0 Å². The number of halogens is 1. The van der Waals surface area contributed by atoms with Gasteiger partial charge in [0.2, 0.25) is 0 Å². The molecule has 0 aliphatic heterocycles. The molecule has 0 unspecified atom stereocenters. The summed E-state index contributed by atoms with van der Waals surface area (Å²) in [6.45, 7) is 0. The number of rotatable bonds is 0. The van der Waals surface area contributed by atoms with Gasteiger partial charge in [-0.25, -0.2) is 4.79 Å². The average Bonchev–Trinajstić information content (AvgIpc) is 1.64. The van der Waals surface area contributed by atoms with Crippen LogP contribution in [-0.4, -0.2) is 0 Å². The number of hydrogen-bond donors (Lipinski definition) is 0. The van der Waals surface area contributed by atoms with Crippen LogP contribution >= 0.6 is 15.9 Å². The van der Waals surface area contributed by atoms with Gasteiger partial charge in [0.1, 0.15) is 0 Å². The predicted molar refractivity (Wildman–Crippen MR) is 32.7 cm³/mol. The van der Waals surface area contributed by atoms with Crippen LogP contribution in [0.1, 0.15) is 0 Å². The van der Waals surface area contributed by atoms with E-state index in [0.29, 0.717) is 4.67 Å². The minimum absolute atomic E-state index is 0.334. The van der Waals surface area contributed by atoms with E-state index < -0.39 is 0 Å². The summed E-state index contributed by atoms with van der Waals surface area (Å²) in [5, 5.41) is 0. The SMILES string of the molecule is O=c1cccc(Br)o1. The first-order chi connectivity index (χ1) is 3.79. The lowest BCUT2D eigenvalue weighted by atomic mass is 10.5. The summed E-state index contributed by atoms with van der Waals surface area (Å²) in [6, 6.07) is 4.63. The zero-order valence-electron chi connectivity index (χ0n) is 3.93. The molecule has 3 heteroatoms. The maximum absolute atomic E-state index is 10.3. The Morgan fingerprint density at radius 2 is 2.25 bits per heavy atom. The van der Waals surface area contributed by atoms with Crippen molar-refractivity contribution in [3.63, 3.8) is 0 Å². The summed E-state index contributed by atoms with van der Waals surface area (Å²) in [6.07, 6.45) is 0. The molecule has 2 nitrogen and oxygen atoms in total. The minimum atomic E-state index is -0.334. The van der Waals surface area contributed by atoms with Crippen LogP contribution in [0.3, 0.4) is 0 Å². The lowest BCUT2D eigenvalue weighted by Crippen LogP contribution is -1.92. The van der Waals surface area contributed by atoms with E-state index in [1.165, 1.54) is 6.07 Å². The average molecular weight is 175 g/mol. The Kier molecular flexibility index (Phi) is 1.48. The van der Waals surface area contributed by atoms with Crippen molar-refractivity contribution in [3.05, 3.63) is 33.3 Å². The molecule has 42 valence electrons. The second-order valence-electron chi connectivity index (χ2n) is 1.25. The van der Waals surface area contributed by atoms with Crippen molar-refractivity contribution in [2.24, 2.45) is 0 Å². The lowest BCUT2D eigenvalue weighted by molar-refractivity contribution is 0.485. The molecular formula is C5H3BrO2. The van der Waals surface area contributed by atoms with Gasteiger partial charge in [-0.05, 0) is 22.0 Å². The van der Waals surface area contributed by atoms with E-state index in [4.69, 9.17) is 0 Å². The monoisotopic (exact) mass is 174 g/mol. The van der Waals surface area contributed by atoms with Gasteiger partial charge in [-0.15, -0.1) is 0 Å². The van der Waals surface area contributed by atoms with Crippen molar-refractivity contribution in [2.75, 3.05) is 0 Å². The summed E-state index contributed by atoms with van der Waals surface area (Å²) in [5.74, 6) is 0. The maximum Gasteiger partial charge on any atom is 0.336 e. The third kappa shape index (κ3) is 1.20. The molecule has 0 bridgehead atoms. The quantitative estimate of drug-likeness (QED) is 0.596. The van der Waals surface area contributed by atoms with Gasteiger partial charge < -0.3 is 4.42 Å². The van der Waals surface area contributed by atoms with E-state index in [0.717, 1.165) is 0 Å². The minimum Gasteiger partial charge on any atom is -0.416 e. The van der Waals surface area contributed by atoms with E-state index in [9.17, 15) is 4.79 Å². The van der Waals surface area contributed by atoms with Crippen LogP contribution in [0.2, 0.25) is 0 Å². The fourth-order valence-electron chi connectivity index (χ4n) is 0.366. The van der Waals surface area contributed by atoms with Crippen LogP contribution in [0.25, 0.3) is 0 Å². The molecular weight excluding hydrogens is 172 g/mol. The molecule has 0 aliphatic rings. The van der Waals surface area contributed by atoms with Gasteiger partial charge >= 0.3 is 5.63 Å². The van der Waals surface area contributed by atoms with Gasteiger partial charge in [-0.2, -0.15) is 0 Å². The predicted octanol–water partition coefficient (Wildman–Crippen LogP) is 1.40. The Bertz CT molecular complexity index is 228. The van der Waals surface area contributed by atoms with E-state index >= 15 is 0 Å². The van der Waals surface area contributed by atoms with Crippen LogP contribution in [0.5, 0.6) is 0 Å². The van der Waals surface area contributed by atoms with Crippen LogP contribution in [0.15, 0.2) is 32.1 Å². The fraction of sp³-hybridized carbons (Fsp3) is 0. The summed E-state index contributed by atoms with van der Waals surface area (Å²) in [7, 11) is 0. The van der Waals surface area contributed by atoms with Crippen LogP contribution in [0.4, 0.5) is 0 Å². The lowest BCUT2D eigenvalue weighted by Gasteiger charge is -1.81. The molecule has 0 aromatic carbocycles. The molecule has 0 spiro atoms. The van der Waals surface area contributed by atoms with Gasteiger partial charge in [0.15, 0.2) is 4.67 Å². The second kappa shape index (κ2) is 2.13. The smallest absolute Gasteiger partial charge is 0.336 e. The molecule has 0 radical (unpaired) electrons. The Morgan fingerprint density at radius 1 is 1.50 bits per heavy atom. The third-order valence-corrected chi connectivity index (χ3v) is 1.08. The van der Waals surface area contributed by atoms with E-state index in [-0.39, 0.29) is 5.63 Å². The topological polar surface area (TPSA) is 30.2 Å². The zero-order valence-corrected chi connectivity index (χ0v) is 5.51. The first-order valence-electron chi connectivity index (χ1n) is 2.05. The second-order valence-corrected chi connectivity index (χ2v) is 2.03. The molecule has 0 N–H and O–H groups in total. The largest absolute Gasteiger partial charge is 0.416 e. The van der Waals surface area contributed by atoms with Gasteiger partial charge in [-0.1, -0.05) is 6.07 Å². The maximum atomic E-state index is 10.3. The molecule has 1 aromatic heterocycles. The van der Waals surface area contributed by atoms with E-state index in [1.807, 2.05) is 0 Å². The standard InChI is InChI=1S/C5H3BrO2/c6-4-2-1-3-5(7)8-4/h1-3H. The van der Waals surface area contributed by atoms with E-state index in [1.54, 1.807) is 12.1 Å². The van der Waals surface area contributed by atoms with Crippen molar-refractivity contribution in [1.29, 1.82) is 0 Å². The fourth-order valence-corrected chi connectivity index (χ4v) is 0.679. The van der Waals surface area contributed by atoms with Crippen LogP contribution in [0, 0.1) is 0 Å². The normalized spacial score (nSPS) is 9.12. The van der Waals surface area contributed by atoms with Crippen molar-refractivity contribution >= 4 is 15.9 Å². The van der Waals surface area contributed by atoms with Crippen molar-refractivity contribution < 1.29 is 4.42 Å². The molecule has 1 rings (SSSR count). The Balaban J connectivity index is 3.28. The summed E-state index contributed by atoms with van der Waals surface area (Å²) in [4.78, 5) is 10.3. The summed E-state index contributed by atoms with van der Waals surface area (Å²) >= 11 is 3.00. The Hall–Kier alpha value is -0.570. The molecule has 1 aromatic rings. The highest BCUT2D eigenvalue weighted by molar-refractivity contribution is 9.10. The molecule has 0 atom stereocenters. The molecule has 0 aliphatic carbocycles. The highest BCUT2D eigenvalue weighted by atomic mass is 79.9. The highest BCUT2D eigenvalue weighted by Gasteiger charge is 1.84. The van der Waals surface area contributed by atoms with E-state index in [2.05, 4.69) is 20.3 Å². The third-order valence-electron chi connectivity index (χ3n) is 0.658. The summed E-state index contributed by atoms with van der Waals surface area (Å²) in [5.41, 5.74) is -0.334. The molecule has 0 saturated heterocycles. The highest BCUT2D eigenvalue weighted by Crippen LogP contribution is 2.02. The van der Waals surface area contributed by atoms with Gasteiger partial charge in [-0.3, -0.25) is 0 Å². The Morgan fingerprint density at radius 3 is 2.62 bits per heavy atom. The van der Waals surface area contributed by atoms with Gasteiger partial charge in [0, 0.05) is 6.07 Å². The summed E-state index contributed by atoms with van der Waals surface area (Å²) < 4.78 is 5.00. The van der Waals surface area contributed by atoms with Gasteiger partial charge in [0.05, 0.1) is 0 Å². The zero-order chi connectivity index (χ0) is 5.98. The molecule has 0 fully saturated rings. The number of hydrogen-bond acceptors (Lipinski definition) is 2. The first kappa shape index (κ1) is 5.56. The Labute approximate surface area is 54.3 Å².